The number of terminal acetylenes is 1. The van der Waals surface area contributed by atoms with Gasteiger partial charge < -0.3 is 10.0 Å². The molecule has 1 aliphatic heterocycles. The maximum Gasteiger partial charge on any atom is 0.325 e. The van der Waals surface area contributed by atoms with E-state index in [0.717, 1.165) is 13.0 Å². The van der Waals surface area contributed by atoms with E-state index in [0.29, 0.717) is 16.7 Å². The Morgan fingerprint density at radius 2 is 2.45 bits per heavy atom. The molecular formula is C7H11NO2Si. The minimum absolute atomic E-state index is 0.593. The standard InChI is InChI=1S/C7H11NO2Si/c1-2-8-5-3-4-7(8,11)6(9)10/h1H,3-5H2,11H3,(H,9,10). The molecule has 0 aromatic rings. The fraction of sp³-hybridized carbons (Fsp3) is 0.571. The Balaban J connectivity index is 2.85. The lowest BCUT2D eigenvalue weighted by Gasteiger charge is -2.27. The number of rotatable bonds is 1. The molecule has 11 heavy (non-hydrogen) atoms. The van der Waals surface area contributed by atoms with E-state index in [9.17, 15) is 4.79 Å². The van der Waals surface area contributed by atoms with Gasteiger partial charge in [0.25, 0.3) is 0 Å². The molecule has 4 heteroatoms. The molecule has 0 aromatic heterocycles. The summed E-state index contributed by atoms with van der Waals surface area (Å²) in [6.45, 7) is 0.728. The SMILES string of the molecule is C#CN1CCCC1([SiH3])C(=O)O. The van der Waals surface area contributed by atoms with Crippen LogP contribution in [-0.4, -0.2) is 37.9 Å². The van der Waals surface area contributed by atoms with Gasteiger partial charge in [0.1, 0.15) is 5.16 Å². The monoisotopic (exact) mass is 169 g/mol. The van der Waals surface area contributed by atoms with Gasteiger partial charge in [-0.2, -0.15) is 0 Å². The average molecular weight is 169 g/mol. The molecule has 0 saturated carbocycles. The fourth-order valence-electron chi connectivity index (χ4n) is 1.39. The van der Waals surface area contributed by atoms with Gasteiger partial charge in [-0.3, -0.25) is 4.79 Å². The maximum atomic E-state index is 10.8. The van der Waals surface area contributed by atoms with Crippen LogP contribution in [0.3, 0.4) is 0 Å². The van der Waals surface area contributed by atoms with Crippen LogP contribution < -0.4 is 0 Å². The number of nitrogens with zero attached hydrogens (tertiary/aromatic N) is 1. The topological polar surface area (TPSA) is 40.5 Å². The highest BCUT2D eigenvalue weighted by atomic mass is 28.1. The van der Waals surface area contributed by atoms with Gasteiger partial charge in [-0.25, -0.2) is 0 Å². The summed E-state index contributed by atoms with van der Waals surface area (Å²) < 4.78 is 0. The molecule has 0 spiro atoms. The zero-order chi connectivity index (χ0) is 8.48. The van der Waals surface area contributed by atoms with E-state index in [1.54, 1.807) is 4.90 Å². The van der Waals surface area contributed by atoms with E-state index in [4.69, 9.17) is 11.5 Å². The molecule has 0 bridgehead atoms. The Kier molecular flexibility index (Phi) is 1.92. The highest BCUT2D eigenvalue weighted by molar-refractivity contribution is 6.27. The molecule has 1 heterocycles. The minimum atomic E-state index is -0.764. The predicted octanol–water partition coefficient (Wildman–Crippen LogP) is -1.18. The van der Waals surface area contributed by atoms with Crippen LogP contribution in [-0.2, 0) is 4.79 Å². The van der Waals surface area contributed by atoms with E-state index < -0.39 is 11.1 Å². The number of aliphatic carboxylic acids is 1. The molecule has 1 aliphatic rings. The van der Waals surface area contributed by atoms with Gasteiger partial charge in [0.2, 0.25) is 0 Å². The number of carbonyl (C=O) groups is 1. The van der Waals surface area contributed by atoms with E-state index >= 15 is 0 Å². The van der Waals surface area contributed by atoms with Gasteiger partial charge in [-0.1, -0.05) is 6.42 Å². The molecule has 1 rings (SSSR count). The van der Waals surface area contributed by atoms with Crippen molar-refractivity contribution in [1.29, 1.82) is 0 Å². The third-order valence-electron chi connectivity index (χ3n) is 2.26. The highest BCUT2D eigenvalue weighted by Gasteiger charge is 2.41. The molecule has 0 aromatic carbocycles. The van der Waals surface area contributed by atoms with E-state index in [1.807, 2.05) is 0 Å². The second-order valence-corrected chi connectivity index (χ2v) is 4.62. The van der Waals surface area contributed by atoms with E-state index in [1.165, 1.54) is 0 Å². The summed E-state index contributed by atoms with van der Waals surface area (Å²) in [5, 5.41) is 8.19. The van der Waals surface area contributed by atoms with Crippen molar-refractivity contribution in [3.8, 4) is 12.5 Å². The normalized spacial score (nSPS) is 30.3. The molecule has 1 saturated heterocycles. The van der Waals surface area contributed by atoms with Gasteiger partial charge in [0.15, 0.2) is 0 Å². The third kappa shape index (κ3) is 1.12. The number of carboxylic acid groups (broad SMARTS) is 1. The molecule has 1 atom stereocenters. The number of carboxylic acids is 1. The van der Waals surface area contributed by atoms with Gasteiger partial charge in [-0.05, 0) is 12.8 Å². The van der Waals surface area contributed by atoms with Gasteiger partial charge in [-0.15, -0.1) is 0 Å². The maximum absolute atomic E-state index is 10.8. The van der Waals surface area contributed by atoms with Crippen molar-refractivity contribution < 1.29 is 9.90 Å². The summed E-state index contributed by atoms with van der Waals surface area (Å²) in [6.07, 6.45) is 6.79. The van der Waals surface area contributed by atoms with E-state index in [2.05, 4.69) is 6.04 Å². The van der Waals surface area contributed by atoms with Crippen molar-refractivity contribution >= 4 is 16.2 Å². The molecule has 0 aliphatic carbocycles. The van der Waals surface area contributed by atoms with Crippen LogP contribution in [0.1, 0.15) is 12.8 Å². The van der Waals surface area contributed by atoms with Crippen LogP contribution in [0.15, 0.2) is 0 Å². The Morgan fingerprint density at radius 3 is 2.82 bits per heavy atom. The van der Waals surface area contributed by atoms with Gasteiger partial charge in [0, 0.05) is 12.6 Å². The molecule has 0 radical (unpaired) electrons. The molecule has 1 fully saturated rings. The van der Waals surface area contributed by atoms with Crippen molar-refractivity contribution in [3.05, 3.63) is 0 Å². The quantitative estimate of drug-likeness (QED) is 0.397. The number of hydrogen-bond acceptors (Lipinski definition) is 2. The fourth-order valence-corrected chi connectivity index (χ4v) is 2.10. The minimum Gasteiger partial charge on any atom is -0.480 e. The summed E-state index contributed by atoms with van der Waals surface area (Å²) in [4.78, 5) is 12.4. The highest BCUT2D eigenvalue weighted by Crippen LogP contribution is 2.25. The zero-order valence-corrected chi connectivity index (χ0v) is 8.50. The average Bonchev–Trinajstić information content (AvgIpc) is 2.32. The molecular weight excluding hydrogens is 158 g/mol. The number of hydrogen-bond donors (Lipinski definition) is 1. The smallest absolute Gasteiger partial charge is 0.325 e. The second kappa shape index (κ2) is 2.59. The largest absolute Gasteiger partial charge is 0.480 e. The van der Waals surface area contributed by atoms with E-state index in [-0.39, 0.29) is 0 Å². The number of likely N-dealkylation sites (tertiary alicyclic amines) is 1. The molecule has 1 unspecified atom stereocenters. The van der Waals surface area contributed by atoms with Crippen LogP contribution in [0, 0.1) is 12.5 Å². The summed E-state index contributed by atoms with van der Waals surface area (Å²) in [5.74, 6) is -0.764. The first kappa shape index (κ1) is 8.15. The van der Waals surface area contributed by atoms with Crippen molar-refractivity contribution in [2.24, 2.45) is 0 Å². The lowest BCUT2D eigenvalue weighted by molar-refractivity contribution is -0.143. The molecule has 1 N–H and O–H groups in total. The van der Waals surface area contributed by atoms with Crippen molar-refractivity contribution in [2.75, 3.05) is 6.54 Å². The first-order valence-corrected chi connectivity index (χ1v) is 4.58. The Hall–Kier alpha value is -0.953. The predicted molar refractivity (Wildman–Crippen MR) is 45.1 cm³/mol. The Labute approximate surface area is 68.8 Å². The van der Waals surface area contributed by atoms with Crippen LogP contribution in [0.5, 0.6) is 0 Å². The summed E-state index contributed by atoms with van der Waals surface area (Å²) in [7, 11) is 0.593. The lowest BCUT2D eigenvalue weighted by Crippen LogP contribution is -2.48. The first-order chi connectivity index (χ1) is 5.11. The third-order valence-corrected chi connectivity index (χ3v) is 3.73. The van der Waals surface area contributed by atoms with Crippen LogP contribution >= 0.6 is 0 Å². The van der Waals surface area contributed by atoms with Crippen molar-refractivity contribution in [2.45, 2.75) is 18.0 Å². The summed E-state index contributed by atoms with van der Waals surface area (Å²) >= 11 is 0. The summed E-state index contributed by atoms with van der Waals surface area (Å²) in [5.41, 5.74) is 0. The van der Waals surface area contributed by atoms with Crippen molar-refractivity contribution in [1.82, 2.24) is 4.90 Å². The van der Waals surface area contributed by atoms with Gasteiger partial charge >= 0.3 is 5.97 Å². The van der Waals surface area contributed by atoms with Crippen LogP contribution in [0.2, 0.25) is 0 Å². The Bertz CT molecular complexity index is 223. The first-order valence-electron chi connectivity index (χ1n) is 3.58. The molecule has 0 amide bonds. The second-order valence-electron chi connectivity index (χ2n) is 2.96. The summed E-state index contributed by atoms with van der Waals surface area (Å²) in [6, 6.07) is 2.42. The Morgan fingerprint density at radius 1 is 1.82 bits per heavy atom. The molecule has 60 valence electrons. The molecule has 3 nitrogen and oxygen atoms in total. The van der Waals surface area contributed by atoms with Crippen LogP contribution in [0.4, 0.5) is 0 Å². The van der Waals surface area contributed by atoms with Crippen LogP contribution in [0.25, 0.3) is 0 Å². The zero-order valence-electron chi connectivity index (χ0n) is 6.50. The lowest BCUT2D eigenvalue weighted by atomic mass is 10.2. The van der Waals surface area contributed by atoms with Crippen molar-refractivity contribution in [3.63, 3.8) is 0 Å². The van der Waals surface area contributed by atoms with Gasteiger partial charge in [0.05, 0.1) is 10.2 Å².